The number of rotatable bonds is 8. The topological polar surface area (TPSA) is 135 Å². The lowest BCUT2D eigenvalue weighted by atomic mass is 10.1. The summed E-state index contributed by atoms with van der Waals surface area (Å²) in [5.41, 5.74) is 11.8. The quantitative estimate of drug-likeness (QED) is 0.427. The van der Waals surface area contributed by atoms with Crippen molar-refractivity contribution in [1.82, 2.24) is 25.2 Å². The molecule has 24 heavy (non-hydrogen) atoms. The van der Waals surface area contributed by atoms with Gasteiger partial charge < -0.3 is 26.8 Å². The molecule has 0 aromatic carbocycles. The van der Waals surface area contributed by atoms with Crippen molar-refractivity contribution >= 4 is 18.3 Å². The molecular formula is C14H28ClN7O2. The number of aromatic nitrogens is 3. The Morgan fingerprint density at radius 2 is 2.08 bits per heavy atom. The van der Waals surface area contributed by atoms with Gasteiger partial charge in [-0.05, 0) is 25.8 Å². The highest BCUT2D eigenvalue weighted by atomic mass is 35.5. The highest BCUT2D eigenvalue weighted by molar-refractivity contribution is 5.85. The number of aliphatic hydroxyl groups excluding tert-OH is 1. The molecule has 2 heterocycles. The summed E-state index contributed by atoms with van der Waals surface area (Å²) >= 11 is 0. The monoisotopic (exact) mass is 361 g/mol. The number of piperazine rings is 1. The number of nitrogens with zero attached hydrogens (tertiary/aromatic N) is 4. The van der Waals surface area contributed by atoms with Gasteiger partial charge in [-0.1, -0.05) is 5.21 Å². The van der Waals surface area contributed by atoms with E-state index in [4.69, 9.17) is 16.6 Å². The molecule has 1 fully saturated rings. The number of carbonyl (C=O) groups excluding carboxylic acids is 1. The smallest absolute Gasteiger partial charge is 0.247 e. The van der Waals surface area contributed by atoms with E-state index in [1.54, 1.807) is 10.9 Å². The summed E-state index contributed by atoms with van der Waals surface area (Å²) < 4.78 is 1.58. The van der Waals surface area contributed by atoms with Gasteiger partial charge in [0, 0.05) is 26.2 Å². The van der Waals surface area contributed by atoms with Crippen LogP contribution in [0.15, 0.2) is 6.20 Å². The second kappa shape index (κ2) is 10.6. The van der Waals surface area contributed by atoms with Crippen LogP contribution in [0.4, 0.5) is 0 Å². The van der Waals surface area contributed by atoms with E-state index < -0.39 is 12.1 Å². The molecule has 1 aliphatic heterocycles. The molecule has 0 unspecified atom stereocenters. The Balaban J connectivity index is 0.00000288. The maximum atomic E-state index is 12.8. The molecule has 6 N–H and O–H groups in total. The highest BCUT2D eigenvalue weighted by Gasteiger charge is 2.28. The first kappa shape index (κ1) is 20.8. The van der Waals surface area contributed by atoms with Gasteiger partial charge in [0.1, 0.15) is 11.7 Å². The summed E-state index contributed by atoms with van der Waals surface area (Å²) in [6.45, 7) is 3.40. The number of hydrogen-bond donors (Lipinski definition) is 4. The van der Waals surface area contributed by atoms with Crippen LogP contribution in [0.5, 0.6) is 0 Å². The van der Waals surface area contributed by atoms with Crippen LogP contribution >= 0.6 is 12.4 Å². The van der Waals surface area contributed by atoms with Crippen LogP contribution in [0.3, 0.4) is 0 Å². The van der Waals surface area contributed by atoms with Crippen molar-refractivity contribution in [1.29, 1.82) is 0 Å². The molecule has 138 valence electrons. The predicted octanol–water partition coefficient (Wildman–Crippen LogP) is -1.21. The number of unbranched alkanes of at least 4 members (excludes halogenated alkanes) is 1. The van der Waals surface area contributed by atoms with Crippen molar-refractivity contribution in [2.45, 2.75) is 31.3 Å². The van der Waals surface area contributed by atoms with Gasteiger partial charge in [-0.15, -0.1) is 17.5 Å². The fourth-order valence-corrected chi connectivity index (χ4v) is 2.65. The number of amides is 1. The van der Waals surface area contributed by atoms with Crippen molar-refractivity contribution < 1.29 is 9.90 Å². The molecule has 1 aromatic rings. The Labute approximate surface area is 148 Å². The molecule has 10 heteroatoms. The number of carbonyl (C=O) groups is 1. The van der Waals surface area contributed by atoms with Gasteiger partial charge in [-0.2, -0.15) is 0 Å². The number of halogens is 1. The number of aliphatic hydroxyl groups is 1. The second-order valence-electron chi connectivity index (χ2n) is 5.79. The molecule has 0 bridgehead atoms. The molecule has 0 aliphatic carbocycles. The molecule has 0 saturated carbocycles. The van der Waals surface area contributed by atoms with Gasteiger partial charge in [-0.3, -0.25) is 4.79 Å². The van der Waals surface area contributed by atoms with Gasteiger partial charge in [0.15, 0.2) is 0 Å². The molecule has 1 aliphatic rings. The average molecular weight is 362 g/mol. The van der Waals surface area contributed by atoms with Crippen molar-refractivity contribution in [3.63, 3.8) is 0 Å². The zero-order valence-corrected chi connectivity index (χ0v) is 14.6. The van der Waals surface area contributed by atoms with E-state index in [0.29, 0.717) is 31.7 Å². The normalized spacial score (nSPS) is 17.2. The van der Waals surface area contributed by atoms with Crippen molar-refractivity contribution in [3.8, 4) is 0 Å². The second-order valence-corrected chi connectivity index (χ2v) is 5.79. The highest BCUT2D eigenvalue weighted by Crippen LogP contribution is 2.19. The molecule has 1 saturated heterocycles. The van der Waals surface area contributed by atoms with Crippen LogP contribution in [0.1, 0.15) is 37.0 Å². The van der Waals surface area contributed by atoms with Crippen LogP contribution in [-0.2, 0) is 4.79 Å². The Morgan fingerprint density at radius 1 is 1.38 bits per heavy atom. The summed E-state index contributed by atoms with van der Waals surface area (Å²) in [4.78, 5) is 14.7. The lowest BCUT2D eigenvalue weighted by Crippen LogP contribution is -2.48. The molecule has 0 radical (unpaired) electrons. The van der Waals surface area contributed by atoms with Crippen LogP contribution in [0, 0.1) is 0 Å². The summed E-state index contributed by atoms with van der Waals surface area (Å²) in [6.07, 6.45) is 4.04. The minimum absolute atomic E-state index is 0. The summed E-state index contributed by atoms with van der Waals surface area (Å²) in [5, 5.41) is 20.4. The van der Waals surface area contributed by atoms with Crippen LogP contribution in [0.25, 0.3) is 0 Å². The SMILES string of the molecule is Cl.NCCCC[C@@H](C(=O)N1CCNCC1)n1cc([C@@H](N)CO)nn1. The minimum Gasteiger partial charge on any atom is -0.394 e. The van der Waals surface area contributed by atoms with Gasteiger partial charge in [0.25, 0.3) is 0 Å². The molecule has 2 atom stereocenters. The summed E-state index contributed by atoms with van der Waals surface area (Å²) in [7, 11) is 0. The van der Waals surface area contributed by atoms with E-state index in [-0.39, 0.29) is 24.9 Å². The average Bonchev–Trinajstić information content (AvgIpc) is 3.08. The third kappa shape index (κ3) is 5.38. The summed E-state index contributed by atoms with van der Waals surface area (Å²) in [6, 6.07) is -0.977. The van der Waals surface area contributed by atoms with Crippen LogP contribution in [0.2, 0.25) is 0 Å². The fraction of sp³-hybridized carbons (Fsp3) is 0.786. The van der Waals surface area contributed by atoms with Gasteiger partial charge in [0.05, 0.1) is 18.8 Å². The summed E-state index contributed by atoms with van der Waals surface area (Å²) in [5.74, 6) is 0.0533. The molecule has 1 amide bonds. The first-order valence-electron chi connectivity index (χ1n) is 8.15. The van der Waals surface area contributed by atoms with Crippen LogP contribution in [-0.4, -0.2) is 70.2 Å². The molecule has 9 nitrogen and oxygen atoms in total. The lowest BCUT2D eigenvalue weighted by molar-refractivity contribution is -0.136. The molecule has 2 rings (SSSR count). The molecule has 0 spiro atoms. The Morgan fingerprint density at radius 3 is 2.71 bits per heavy atom. The largest absolute Gasteiger partial charge is 0.394 e. The zero-order chi connectivity index (χ0) is 16.7. The van der Waals surface area contributed by atoms with E-state index in [1.807, 2.05) is 4.90 Å². The first-order chi connectivity index (χ1) is 11.2. The van der Waals surface area contributed by atoms with E-state index in [1.165, 1.54) is 0 Å². The molecular weight excluding hydrogens is 334 g/mol. The Bertz CT molecular complexity index is 493. The maximum Gasteiger partial charge on any atom is 0.247 e. The fourth-order valence-electron chi connectivity index (χ4n) is 2.65. The van der Waals surface area contributed by atoms with E-state index in [0.717, 1.165) is 25.9 Å². The van der Waals surface area contributed by atoms with Gasteiger partial charge in [0.2, 0.25) is 5.91 Å². The van der Waals surface area contributed by atoms with Gasteiger partial charge >= 0.3 is 0 Å². The van der Waals surface area contributed by atoms with Crippen molar-refractivity contribution in [3.05, 3.63) is 11.9 Å². The number of nitrogens with two attached hydrogens (primary N) is 2. The third-order valence-corrected chi connectivity index (χ3v) is 4.07. The van der Waals surface area contributed by atoms with E-state index >= 15 is 0 Å². The lowest BCUT2D eigenvalue weighted by Gasteiger charge is -2.30. The van der Waals surface area contributed by atoms with Gasteiger partial charge in [-0.25, -0.2) is 4.68 Å². The number of nitrogens with one attached hydrogen (secondary N) is 1. The van der Waals surface area contributed by atoms with Crippen LogP contribution < -0.4 is 16.8 Å². The predicted molar refractivity (Wildman–Crippen MR) is 92.7 cm³/mol. The Kier molecular flexibility index (Phi) is 9.16. The van der Waals surface area contributed by atoms with E-state index in [2.05, 4.69) is 15.6 Å². The van der Waals surface area contributed by atoms with Crippen molar-refractivity contribution in [2.24, 2.45) is 11.5 Å². The standard InChI is InChI=1S/C14H27N7O2.ClH/c15-4-2-1-3-13(14(23)20-7-5-17-6-8-20)21-9-12(18-19-21)11(16)10-22;/h9,11,13,17,22H,1-8,10,15-16H2;1H/t11-,13-;/m0./s1. The Hall–Kier alpha value is -1.26. The third-order valence-electron chi connectivity index (χ3n) is 4.07. The van der Waals surface area contributed by atoms with Crippen molar-refractivity contribution in [2.75, 3.05) is 39.3 Å². The number of hydrogen-bond acceptors (Lipinski definition) is 7. The maximum absolute atomic E-state index is 12.8. The minimum atomic E-state index is -0.581. The molecule has 1 aromatic heterocycles. The first-order valence-corrected chi connectivity index (χ1v) is 8.15. The zero-order valence-electron chi connectivity index (χ0n) is 13.8. The van der Waals surface area contributed by atoms with E-state index in [9.17, 15) is 4.79 Å².